The molecule has 188 valence electrons. The second-order valence-corrected chi connectivity index (χ2v) is 8.46. The molecule has 0 saturated heterocycles. The van der Waals surface area contributed by atoms with Gasteiger partial charge < -0.3 is 15.1 Å². The zero-order valence-electron chi connectivity index (χ0n) is 20.8. The van der Waals surface area contributed by atoms with Crippen LogP contribution in [0.4, 0.5) is 0 Å². The van der Waals surface area contributed by atoms with Gasteiger partial charge in [-0.15, -0.1) is 5.10 Å². The van der Waals surface area contributed by atoms with E-state index in [0.29, 0.717) is 12.2 Å². The molecule has 3 aromatic rings. The number of aliphatic hydroxyl groups excluding tert-OH is 1. The highest BCUT2D eigenvalue weighted by molar-refractivity contribution is 5.84. The molecule has 0 aliphatic rings. The number of aliphatic carboxylic acids is 1. The van der Waals surface area contributed by atoms with Crippen molar-refractivity contribution in [3.05, 3.63) is 54.1 Å². The topological polar surface area (TPSA) is 132 Å². The summed E-state index contributed by atoms with van der Waals surface area (Å²) in [5, 5.41) is 31.5. The van der Waals surface area contributed by atoms with Gasteiger partial charge in [-0.25, -0.2) is 9.89 Å². The van der Waals surface area contributed by atoms with Gasteiger partial charge in [0.15, 0.2) is 5.82 Å². The number of rotatable bonds is 10. The van der Waals surface area contributed by atoms with Crippen LogP contribution in [0.15, 0.2) is 48.5 Å². The lowest BCUT2D eigenvalue weighted by Crippen LogP contribution is -2.47. The van der Waals surface area contributed by atoms with Crippen LogP contribution >= 0.6 is 0 Å². The van der Waals surface area contributed by atoms with E-state index in [1.165, 1.54) is 4.90 Å². The Morgan fingerprint density at radius 1 is 1.03 bits per heavy atom. The van der Waals surface area contributed by atoms with E-state index in [4.69, 9.17) is 5.11 Å². The van der Waals surface area contributed by atoms with Gasteiger partial charge >= 0.3 is 5.97 Å². The van der Waals surface area contributed by atoms with Crippen molar-refractivity contribution in [3.63, 3.8) is 0 Å². The Morgan fingerprint density at radius 3 is 2.17 bits per heavy atom. The van der Waals surface area contributed by atoms with Crippen LogP contribution < -0.4 is 0 Å². The Morgan fingerprint density at radius 2 is 1.66 bits per heavy atom. The maximum Gasteiger partial charge on any atom is 0.326 e. The van der Waals surface area contributed by atoms with E-state index >= 15 is 0 Å². The molecule has 3 rings (SSSR count). The summed E-state index contributed by atoms with van der Waals surface area (Å²) < 4.78 is 0. The highest BCUT2D eigenvalue weighted by Crippen LogP contribution is 2.30. The number of tetrazole rings is 1. The Labute approximate surface area is 206 Å². The standard InChI is InChI=1S/C24H29N5O3.C2H6O/c1-4-5-10-21(30)29(22(16(2)3)24(31)32)15-17-11-13-18(14-12-17)19-8-6-7-9-20(19)23-25-27-28-26-23;1-2-3/h6-9,11-14,16,22H,4-5,10,15H2,1-3H3,(H,31,32)(H,25,26,27,28);3H,2H2,1H3. The lowest BCUT2D eigenvalue weighted by atomic mass is 9.97. The Bertz CT molecular complexity index is 1050. The number of carboxylic acids is 1. The minimum atomic E-state index is -0.976. The van der Waals surface area contributed by atoms with Gasteiger partial charge in [-0.1, -0.05) is 75.7 Å². The van der Waals surface area contributed by atoms with E-state index in [-0.39, 0.29) is 25.0 Å². The number of carbonyl (C=O) groups excluding carboxylic acids is 1. The number of nitrogens with zero attached hydrogens (tertiary/aromatic N) is 4. The quantitative estimate of drug-likeness (QED) is 0.396. The summed E-state index contributed by atoms with van der Waals surface area (Å²) in [4.78, 5) is 26.3. The van der Waals surface area contributed by atoms with Crippen LogP contribution in [0, 0.1) is 5.92 Å². The summed E-state index contributed by atoms with van der Waals surface area (Å²) in [5.41, 5.74) is 3.71. The van der Waals surface area contributed by atoms with Crippen molar-refractivity contribution in [1.29, 1.82) is 0 Å². The first-order valence-corrected chi connectivity index (χ1v) is 11.9. The summed E-state index contributed by atoms with van der Waals surface area (Å²) in [5.74, 6) is -0.713. The van der Waals surface area contributed by atoms with Gasteiger partial charge in [0.1, 0.15) is 6.04 Å². The van der Waals surface area contributed by atoms with Crippen LogP contribution in [0.2, 0.25) is 0 Å². The zero-order chi connectivity index (χ0) is 25.8. The molecule has 0 aliphatic carbocycles. The van der Waals surface area contributed by atoms with Gasteiger partial charge in [0.25, 0.3) is 0 Å². The molecule has 1 aromatic heterocycles. The molecule has 9 heteroatoms. The van der Waals surface area contributed by atoms with Crippen LogP contribution in [0.5, 0.6) is 0 Å². The minimum Gasteiger partial charge on any atom is -0.480 e. The highest BCUT2D eigenvalue weighted by atomic mass is 16.4. The maximum atomic E-state index is 12.9. The third kappa shape index (κ3) is 7.71. The first kappa shape index (κ1) is 27.7. The van der Waals surface area contributed by atoms with Crippen molar-refractivity contribution in [2.75, 3.05) is 6.61 Å². The molecule has 35 heavy (non-hydrogen) atoms. The molecule has 0 spiro atoms. The number of carbonyl (C=O) groups is 2. The van der Waals surface area contributed by atoms with Crippen molar-refractivity contribution in [1.82, 2.24) is 25.5 Å². The molecule has 0 aliphatic heterocycles. The monoisotopic (exact) mass is 481 g/mol. The third-order valence-electron chi connectivity index (χ3n) is 5.43. The average Bonchev–Trinajstić information content (AvgIpc) is 3.37. The van der Waals surface area contributed by atoms with E-state index in [0.717, 1.165) is 35.1 Å². The van der Waals surface area contributed by atoms with Gasteiger partial charge in [0.2, 0.25) is 5.91 Å². The predicted molar refractivity (Wildman–Crippen MR) is 134 cm³/mol. The molecule has 1 unspecified atom stereocenters. The van der Waals surface area contributed by atoms with E-state index in [1.807, 2.05) is 69.3 Å². The van der Waals surface area contributed by atoms with E-state index in [1.54, 1.807) is 6.92 Å². The summed E-state index contributed by atoms with van der Waals surface area (Å²) in [6.07, 6.45) is 1.98. The fourth-order valence-corrected chi connectivity index (χ4v) is 3.79. The molecular weight excluding hydrogens is 446 g/mol. The first-order valence-electron chi connectivity index (χ1n) is 11.9. The summed E-state index contributed by atoms with van der Waals surface area (Å²) in [6.45, 7) is 7.86. The molecule has 0 radical (unpaired) electrons. The number of unbranched alkanes of at least 4 members (excludes halogenated alkanes) is 1. The number of aromatic amines is 1. The number of hydrogen-bond donors (Lipinski definition) is 3. The third-order valence-corrected chi connectivity index (χ3v) is 5.43. The fourth-order valence-electron chi connectivity index (χ4n) is 3.79. The smallest absolute Gasteiger partial charge is 0.326 e. The first-order chi connectivity index (χ1) is 16.8. The summed E-state index contributed by atoms with van der Waals surface area (Å²) >= 11 is 0. The molecule has 3 N–H and O–H groups in total. The molecule has 0 bridgehead atoms. The van der Waals surface area contributed by atoms with E-state index < -0.39 is 12.0 Å². The molecule has 1 heterocycles. The molecule has 1 amide bonds. The maximum absolute atomic E-state index is 12.9. The Hall–Kier alpha value is -3.59. The lowest BCUT2D eigenvalue weighted by molar-refractivity contribution is -0.153. The SMILES string of the molecule is CCCCC(=O)N(Cc1ccc(-c2ccccc2-c2nnn[nH]2)cc1)C(C(=O)O)C(C)C.CCO. The molecule has 0 saturated carbocycles. The highest BCUT2D eigenvalue weighted by Gasteiger charge is 2.32. The Kier molecular flexibility index (Phi) is 11.0. The predicted octanol–water partition coefficient (Wildman–Crippen LogP) is 4.16. The lowest BCUT2D eigenvalue weighted by Gasteiger charge is -2.32. The van der Waals surface area contributed by atoms with Crippen molar-refractivity contribution >= 4 is 11.9 Å². The fraction of sp³-hybridized carbons (Fsp3) is 0.423. The van der Waals surface area contributed by atoms with Crippen LogP contribution in [0.1, 0.15) is 52.5 Å². The molecule has 9 nitrogen and oxygen atoms in total. The number of H-pyrrole nitrogens is 1. The minimum absolute atomic E-state index is 0.125. The number of amides is 1. The van der Waals surface area contributed by atoms with Crippen LogP contribution in [-0.2, 0) is 16.1 Å². The number of nitrogens with one attached hydrogen (secondary N) is 1. The van der Waals surface area contributed by atoms with Crippen LogP contribution in [0.3, 0.4) is 0 Å². The van der Waals surface area contributed by atoms with E-state index in [9.17, 15) is 14.7 Å². The van der Waals surface area contributed by atoms with Gasteiger partial charge in [-0.2, -0.15) is 0 Å². The number of aromatic nitrogens is 4. The Balaban J connectivity index is 0.00000137. The second kappa shape index (κ2) is 14.0. The molecule has 2 aromatic carbocycles. The van der Waals surface area contributed by atoms with Crippen LogP contribution in [-0.4, -0.2) is 60.3 Å². The van der Waals surface area contributed by atoms with Crippen molar-refractivity contribution in [2.24, 2.45) is 5.92 Å². The van der Waals surface area contributed by atoms with Crippen molar-refractivity contribution < 1.29 is 19.8 Å². The summed E-state index contributed by atoms with van der Waals surface area (Å²) in [7, 11) is 0. The van der Waals surface area contributed by atoms with Crippen molar-refractivity contribution in [2.45, 2.75) is 59.5 Å². The normalized spacial score (nSPS) is 11.5. The van der Waals surface area contributed by atoms with Gasteiger partial charge in [-0.3, -0.25) is 4.79 Å². The number of hydrogen-bond acceptors (Lipinski definition) is 6. The van der Waals surface area contributed by atoms with Crippen LogP contribution in [0.25, 0.3) is 22.5 Å². The van der Waals surface area contributed by atoms with Crippen molar-refractivity contribution in [3.8, 4) is 22.5 Å². The summed E-state index contributed by atoms with van der Waals surface area (Å²) in [6, 6.07) is 14.8. The van der Waals surface area contributed by atoms with Gasteiger partial charge in [0.05, 0.1) is 0 Å². The van der Waals surface area contributed by atoms with Gasteiger partial charge in [0, 0.05) is 25.1 Å². The second-order valence-electron chi connectivity index (χ2n) is 8.46. The molecular formula is C26H35N5O4. The van der Waals surface area contributed by atoms with Gasteiger partial charge in [-0.05, 0) is 46.4 Å². The number of carboxylic acid groups (broad SMARTS) is 1. The average molecular weight is 482 g/mol. The number of aliphatic hydroxyl groups is 1. The number of benzene rings is 2. The molecule has 1 atom stereocenters. The zero-order valence-corrected chi connectivity index (χ0v) is 20.8. The largest absolute Gasteiger partial charge is 0.480 e. The molecule has 0 fully saturated rings. The van der Waals surface area contributed by atoms with E-state index in [2.05, 4.69) is 20.6 Å².